The molecule has 1 rings (SSSR count). The van der Waals surface area contributed by atoms with E-state index in [9.17, 15) is 4.79 Å². The first-order valence-electron chi connectivity index (χ1n) is 3.02. The van der Waals surface area contributed by atoms with Crippen molar-refractivity contribution >= 4 is 5.97 Å². The minimum absolute atomic E-state index is 0. The molecule has 3 heteroatoms. The van der Waals surface area contributed by atoms with Crippen LogP contribution < -0.4 is 56.1 Å². The molecule has 0 aromatic heterocycles. The smallest absolute Gasteiger partial charge is 1.00 e. The number of esters is 1. The molecule has 0 aliphatic carbocycles. The minimum atomic E-state index is -0.286. The van der Waals surface area contributed by atoms with Crippen molar-refractivity contribution in [2.75, 3.05) is 0 Å². The van der Waals surface area contributed by atoms with Gasteiger partial charge >= 0.3 is 57.4 Å². The number of carbonyl (C=O) groups is 1. The van der Waals surface area contributed by atoms with Gasteiger partial charge in [0, 0.05) is 6.92 Å². The minimum Gasteiger partial charge on any atom is -1.00 e. The molecule has 1 aromatic rings. The van der Waals surface area contributed by atoms with Crippen LogP contribution in [0.1, 0.15) is 8.35 Å². The molecule has 0 radical (unpaired) electrons. The Kier molecular flexibility index (Phi) is 6.09. The van der Waals surface area contributed by atoms with Crippen LogP contribution in [0, 0.1) is 0 Å². The zero-order valence-corrected chi connectivity index (χ0v) is 9.83. The summed E-state index contributed by atoms with van der Waals surface area (Å²) in [4.78, 5) is 10.4. The molecule has 0 aliphatic rings. The Morgan fingerprint density at radius 2 is 1.91 bits per heavy atom. The van der Waals surface area contributed by atoms with Crippen LogP contribution in [0.2, 0.25) is 0 Å². The Morgan fingerprint density at radius 1 is 1.36 bits per heavy atom. The van der Waals surface area contributed by atoms with Gasteiger partial charge in [-0.1, -0.05) is 18.2 Å². The second-order valence-electron chi connectivity index (χ2n) is 1.91. The third kappa shape index (κ3) is 4.71. The van der Waals surface area contributed by atoms with E-state index in [4.69, 9.17) is 4.74 Å². The van der Waals surface area contributed by atoms with Crippen LogP contribution in [-0.2, 0) is 4.79 Å². The Morgan fingerprint density at radius 3 is 2.36 bits per heavy atom. The van der Waals surface area contributed by atoms with Crippen molar-refractivity contribution in [2.24, 2.45) is 0 Å². The third-order valence-corrected chi connectivity index (χ3v) is 1.00. The summed E-state index contributed by atoms with van der Waals surface area (Å²) in [6.45, 7) is 1.38. The Bertz CT molecular complexity index is 226. The summed E-state index contributed by atoms with van der Waals surface area (Å²) in [6, 6.07) is 8.98. The summed E-state index contributed by atoms with van der Waals surface area (Å²) >= 11 is 0. The average Bonchev–Trinajstić information content (AvgIpc) is 1.88. The van der Waals surface area contributed by atoms with Gasteiger partial charge in [0.05, 0.1) is 0 Å². The summed E-state index contributed by atoms with van der Waals surface area (Å²) in [5, 5.41) is 0. The third-order valence-electron chi connectivity index (χ3n) is 1.00. The zero-order chi connectivity index (χ0) is 7.40. The summed E-state index contributed by atoms with van der Waals surface area (Å²) < 4.78 is 4.78. The quantitative estimate of drug-likeness (QED) is 0.303. The molecular formula is C8H9KO2. The van der Waals surface area contributed by atoms with Crippen molar-refractivity contribution in [3.63, 3.8) is 0 Å². The van der Waals surface area contributed by atoms with Gasteiger partial charge in [-0.2, -0.15) is 0 Å². The Labute approximate surface area is 110 Å². The van der Waals surface area contributed by atoms with Gasteiger partial charge in [0.2, 0.25) is 0 Å². The maximum absolute atomic E-state index is 10.4. The van der Waals surface area contributed by atoms with E-state index in [1.54, 1.807) is 12.1 Å². The van der Waals surface area contributed by atoms with Crippen LogP contribution >= 0.6 is 0 Å². The molecule has 0 atom stereocenters. The van der Waals surface area contributed by atoms with Gasteiger partial charge in [-0.3, -0.25) is 4.79 Å². The monoisotopic (exact) mass is 176 g/mol. The number of rotatable bonds is 1. The molecule has 0 saturated carbocycles. The molecule has 0 amide bonds. The molecule has 0 unspecified atom stereocenters. The fourth-order valence-electron chi connectivity index (χ4n) is 0.655. The SMILES string of the molecule is CC(=O)Oc1ccccc1.[H-].[K+]. The van der Waals surface area contributed by atoms with Gasteiger partial charge in [-0.25, -0.2) is 0 Å². The van der Waals surface area contributed by atoms with Gasteiger partial charge in [0.25, 0.3) is 0 Å². The van der Waals surface area contributed by atoms with Crippen molar-refractivity contribution in [1.82, 2.24) is 0 Å². The van der Waals surface area contributed by atoms with Crippen LogP contribution in [0.3, 0.4) is 0 Å². The zero-order valence-electron chi connectivity index (χ0n) is 7.70. The first-order valence-corrected chi connectivity index (χ1v) is 3.02. The van der Waals surface area contributed by atoms with E-state index in [-0.39, 0.29) is 58.8 Å². The Balaban J connectivity index is 0. The molecule has 1 aromatic carbocycles. The molecule has 0 heterocycles. The van der Waals surface area contributed by atoms with Crippen molar-refractivity contribution in [3.8, 4) is 5.75 Å². The van der Waals surface area contributed by atoms with Gasteiger partial charge in [0.15, 0.2) is 0 Å². The normalized spacial score (nSPS) is 8.09. The number of carbonyl (C=O) groups excluding carboxylic acids is 1. The van der Waals surface area contributed by atoms with E-state index in [1.807, 2.05) is 18.2 Å². The van der Waals surface area contributed by atoms with Crippen molar-refractivity contribution in [2.45, 2.75) is 6.92 Å². The number of benzene rings is 1. The molecule has 0 saturated heterocycles. The van der Waals surface area contributed by atoms with Crippen molar-refractivity contribution in [1.29, 1.82) is 0 Å². The van der Waals surface area contributed by atoms with Gasteiger partial charge in [-0.15, -0.1) is 0 Å². The van der Waals surface area contributed by atoms with Crippen LogP contribution in [0.15, 0.2) is 30.3 Å². The summed E-state index contributed by atoms with van der Waals surface area (Å²) in [5.41, 5.74) is 0. The molecule has 0 bridgehead atoms. The number of hydrogen-bond donors (Lipinski definition) is 0. The number of para-hydroxylation sites is 1. The maximum atomic E-state index is 10.4. The first kappa shape index (κ1) is 11.3. The van der Waals surface area contributed by atoms with E-state index in [1.165, 1.54) is 6.92 Å². The van der Waals surface area contributed by atoms with Gasteiger partial charge < -0.3 is 6.16 Å². The average molecular weight is 176 g/mol. The molecule has 0 aliphatic heterocycles. The van der Waals surface area contributed by atoms with Crippen LogP contribution in [-0.4, -0.2) is 5.97 Å². The van der Waals surface area contributed by atoms with Gasteiger partial charge in [0.1, 0.15) is 5.75 Å². The molecule has 0 N–H and O–H groups in total. The summed E-state index contributed by atoms with van der Waals surface area (Å²) in [7, 11) is 0. The van der Waals surface area contributed by atoms with E-state index < -0.39 is 0 Å². The van der Waals surface area contributed by atoms with Crippen LogP contribution in [0.5, 0.6) is 5.75 Å². The summed E-state index contributed by atoms with van der Waals surface area (Å²) in [5.74, 6) is 0.307. The molecule has 54 valence electrons. The standard InChI is InChI=1S/C8H8O2.K.H/c1-7(9)10-8-5-3-2-4-6-8;;/h2-6H,1H3;;/q;+1;-1. The molecule has 11 heavy (non-hydrogen) atoms. The number of ether oxygens (including phenoxy) is 1. The fourth-order valence-corrected chi connectivity index (χ4v) is 0.655. The van der Waals surface area contributed by atoms with E-state index in [2.05, 4.69) is 0 Å². The van der Waals surface area contributed by atoms with E-state index >= 15 is 0 Å². The largest absolute Gasteiger partial charge is 1.00 e. The van der Waals surface area contributed by atoms with Crippen LogP contribution in [0.4, 0.5) is 0 Å². The van der Waals surface area contributed by atoms with Gasteiger partial charge in [-0.05, 0) is 12.1 Å². The molecule has 0 fully saturated rings. The van der Waals surface area contributed by atoms with Crippen molar-refractivity contribution < 1.29 is 62.3 Å². The molecule has 0 spiro atoms. The van der Waals surface area contributed by atoms with E-state index in [0.29, 0.717) is 5.75 Å². The fraction of sp³-hybridized carbons (Fsp3) is 0.125. The second-order valence-corrected chi connectivity index (χ2v) is 1.91. The predicted octanol–water partition coefficient (Wildman–Crippen LogP) is -1.27. The first-order chi connectivity index (χ1) is 4.79. The van der Waals surface area contributed by atoms with Crippen molar-refractivity contribution in [3.05, 3.63) is 30.3 Å². The van der Waals surface area contributed by atoms with Crippen LogP contribution in [0.25, 0.3) is 0 Å². The summed E-state index contributed by atoms with van der Waals surface area (Å²) in [6.07, 6.45) is 0. The number of hydrogen-bond acceptors (Lipinski definition) is 2. The topological polar surface area (TPSA) is 26.3 Å². The predicted molar refractivity (Wildman–Crippen MR) is 38.9 cm³/mol. The Hall–Kier alpha value is 0.326. The molecular weight excluding hydrogens is 167 g/mol. The van der Waals surface area contributed by atoms with E-state index in [0.717, 1.165) is 0 Å². The molecule has 2 nitrogen and oxygen atoms in total. The maximum Gasteiger partial charge on any atom is 1.00 e. The second kappa shape index (κ2) is 5.91.